The third-order valence-corrected chi connectivity index (χ3v) is 23.9. The topological polar surface area (TPSA) is 281 Å². The summed E-state index contributed by atoms with van der Waals surface area (Å²) < 4.78 is 36.8. The van der Waals surface area contributed by atoms with E-state index < -0.39 is 60.9 Å². The molecule has 548 valence electrons. The molecule has 4 aromatic carbocycles. The standard InChI is InChI=1S/C77H96ClN13O10S2/c1-49(52-12-14-54(15-13-52)70-50(2)82-48-102-70)83-74(95)67-41-60(92)47-90(67)75(96)71(76(3,4)5)84-69(93)9-8-30-86-31-35-88(36-32-86)58-20-10-51(11-21-58)44-80-65-25-23-62(42-66(65)91(97)98)103(99,100)85-73(94)63-24-22-59(40-68(63)101-61-39-55-27-29-79-72(55)81-45-61)89-37-33-87(34-38-89)46-56-26-28-77(6,7)43-64(56)53-16-18-57(78)19-17-53/h12-19,22-25,27,29,39-40,42,45,48-49,51,58,60,67,71,80,92H,8-11,20-21,26,28,30-38,41,43-44,46-47H2,1-7H3,(H,79,81)(H,83,95)(H,84,93)(H,85,94)/t49-,51?,58?,60+,67-,71?/m0/s1. The van der Waals surface area contributed by atoms with Gasteiger partial charge in [-0.15, -0.1) is 11.3 Å². The molecule has 23 nitrogen and oxygen atoms in total. The van der Waals surface area contributed by atoms with E-state index in [1.807, 2.05) is 82.6 Å². The number of nitro benzene ring substituents is 1. The number of anilines is 2. The van der Waals surface area contributed by atoms with Crippen LogP contribution in [-0.2, 0) is 24.4 Å². The van der Waals surface area contributed by atoms with Crippen molar-refractivity contribution in [2.45, 2.75) is 148 Å². The monoisotopic (exact) mass is 1460 g/mol. The maximum Gasteiger partial charge on any atom is 0.293 e. The number of benzene rings is 4. The van der Waals surface area contributed by atoms with Gasteiger partial charge in [-0.1, -0.05) is 88.2 Å². The molecule has 3 aliphatic heterocycles. The van der Waals surface area contributed by atoms with Gasteiger partial charge in [-0.25, -0.2) is 23.1 Å². The van der Waals surface area contributed by atoms with Gasteiger partial charge in [-0.2, -0.15) is 0 Å². The number of H-pyrrole nitrogens is 1. The lowest BCUT2D eigenvalue weighted by molar-refractivity contribution is -0.384. The molecule has 1 unspecified atom stereocenters. The number of aromatic nitrogens is 3. The first-order valence-corrected chi connectivity index (χ1v) is 38.8. The Kier molecular flexibility index (Phi) is 23.1. The van der Waals surface area contributed by atoms with Gasteiger partial charge in [0.15, 0.2) is 0 Å². The third-order valence-electron chi connectivity index (χ3n) is 21.3. The maximum atomic E-state index is 14.3. The van der Waals surface area contributed by atoms with Crippen LogP contribution in [0.2, 0.25) is 5.02 Å². The highest BCUT2D eigenvalue weighted by molar-refractivity contribution is 7.90. The molecule has 26 heteroatoms. The molecule has 12 rings (SSSR count). The Labute approximate surface area is 612 Å². The zero-order valence-corrected chi connectivity index (χ0v) is 62.3. The number of nitro groups is 1. The molecule has 2 aliphatic carbocycles. The lowest BCUT2D eigenvalue weighted by Crippen LogP contribution is -2.57. The lowest BCUT2D eigenvalue weighted by atomic mass is 9.72. The summed E-state index contributed by atoms with van der Waals surface area (Å²) in [7, 11) is -4.65. The number of nitrogens with zero attached hydrogens (tertiary/aromatic N) is 8. The number of sulfonamides is 1. The van der Waals surface area contributed by atoms with Gasteiger partial charge in [0.2, 0.25) is 17.7 Å². The molecule has 0 radical (unpaired) electrons. The van der Waals surface area contributed by atoms with E-state index in [4.69, 9.17) is 16.3 Å². The number of likely N-dealkylation sites (tertiary alicyclic amines) is 1. The summed E-state index contributed by atoms with van der Waals surface area (Å²) in [6.45, 7) is 22.6. The Bertz CT molecular complexity index is 4360. The Hall–Kier alpha value is -8.30. The number of hydrogen-bond donors (Lipinski definition) is 6. The predicted octanol–water partition coefficient (Wildman–Crippen LogP) is 12.0. The number of aliphatic hydroxyl groups excluding tert-OH is 1. The molecule has 6 heterocycles. The lowest BCUT2D eigenvalue weighted by Gasteiger charge is -2.42. The average Bonchev–Trinajstić information content (AvgIpc) is 1.79. The number of amides is 4. The number of aromatic amines is 1. The number of aryl methyl sites for hydroxylation is 1. The second kappa shape index (κ2) is 32.0. The second-order valence-electron chi connectivity index (χ2n) is 30.4. The van der Waals surface area contributed by atoms with Crippen molar-refractivity contribution in [1.82, 2.24) is 49.9 Å². The van der Waals surface area contributed by atoms with Crippen LogP contribution >= 0.6 is 22.9 Å². The Balaban J connectivity index is 0.595. The summed E-state index contributed by atoms with van der Waals surface area (Å²) >= 11 is 7.86. The highest BCUT2D eigenvalue weighted by atomic mass is 35.5. The quantitative estimate of drug-likeness (QED) is 0.0242. The van der Waals surface area contributed by atoms with E-state index in [0.29, 0.717) is 48.5 Å². The highest BCUT2D eigenvalue weighted by Gasteiger charge is 2.45. The van der Waals surface area contributed by atoms with Crippen molar-refractivity contribution in [3.8, 4) is 21.9 Å². The first-order valence-electron chi connectivity index (χ1n) is 36.0. The number of β-amino-alcohol motifs (C(OH)–C–C–N with tert-alkyl or cyclic N) is 1. The van der Waals surface area contributed by atoms with Crippen LogP contribution in [0.3, 0.4) is 0 Å². The summed E-state index contributed by atoms with van der Waals surface area (Å²) in [6, 6.07) is 26.6. The molecule has 5 aliphatic rings. The maximum absolute atomic E-state index is 14.3. The Morgan fingerprint density at radius 1 is 0.874 bits per heavy atom. The summed E-state index contributed by atoms with van der Waals surface area (Å²) in [5, 5.41) is 34.2. The molecule has 7 aromatic rings. The summed E-state index contributed by atoms with van der Waals surface area (Å²) in [5.41, 5.74) is 9.43. The average molecular weight is 1460 g/mol. The molecule has 103 heavy (non-hydrogen) atoms. The van der Waals surface area contributed by atoms with Gasteiger partial charge in [0.05, 0.1) is 49.8 Å². The number of carbonyl (C=O) groups is 4. The third kappa shape index (κ3) is 18.3. The molecule has 3 saturated heterocycles. The van der Waals surface area contributed by atoms with Gasteiger partial charge in [-0.05, 0) is 159 Å². The fourth-order valence-electron chi connectivity index (χ4n) is 15.2. The number of pyridine rings is 1. The first-order chi connectivity index (χ1) is 49.2. The SMILES string of the molecule is Cc1ncsc1-c1ccc([C@H](C)NC(=O)[C@@H]2C[C@@H](O)CN2C(=O)C(NC(=O)CCCN2CCN(C3CCC(CNc4ccc(S(=O)(=O)NC(=O)c5ccc(N6CCN(CC7=C(c8ccc(Cl)cc8)CC(C)(C)CC7)CC6)cc5Oc5cnc6[nH]ccc6c5)cc4[N+](=O)[O-])CC3)CC2)C(C)(C)C)cc1. The van der Waals surface area contributed by atoms with E-state index in [-0.39, 0.29) is 65.6 Å². The molecule has 3 aromatic heterocycles. The smallest absolute Gasteiger partial charge is 0.293 e. The van der Waals surface area contributed by atoms with Crippen molar-refractivity contribution >= 4 is 90.3 Å². The van der Waals surface area contributed by atoms with Gasteiger partial charge in [0.25, 0.3) is 21.6 Å². The van der Waals surface area contributed by atoms with E-state index in [9.17, 15) is 42.8 Å². The number of fused-ring (bicyclic) bond motifs is 1. The molecule has 4 amide bonds. The van der Waals surface area contributed by atoms with Gasteiger partial charge in [0, 0.05) is 125 Å². The van der Waals surface area contributed by atoms with Crippen molar-refractivity contribution in [1.29, 1.82) is 0 Å². The number of aliphatic hydroxyl groups is 1. The van der Waals surface area contributed by atoms with Gasteiger partial charge < -0.3 is 45.5 Å². The minimum Gasteiger partial charge on any atom is -0.455 e. The van der Waals surface area contributed by atoms with E-state index >= 15 is 0 Å². The number of carbonyl (C=O) groups excluding carboxylic acids is 4. The van der Waals surface area contributed by atoms with Crippen LogP contribution in [0, 0.1) is 33.8 Å². The molecule has 0 spiro atoms. The van der Waals surface area contributed by atoms with Crippen LogP contribution in [0.15, 0.2) is 125 Å². The number of piperazine rings is 2. The molecule has 4 atom stereocenters. The zero-order chi connectivity index (χ0) is 72.9. The molecule has 1 saturated carbocycles. The number of rotatable bonds is 24. The van der Waals surface area contributed by atoms with Crippen LogP contribution in [0.5, 0.6) is 11.5 Å². The van der Waals surface area contributed by atoms with Crippen molar-refractivity contribution in [3.63, 3.8) is 0 Å². The predicted molar refractivity (Wildman–Crippen MR) is 403 cm³/mol. The van der Waals surface area contributed by atoms with E-state index in [0.717, 1.165) is 136 Å². The number of hydrogen-bond acceptors (Lipinski definition) is 18. The van der Waals surface area contributed by atoms with Gasteiger partial charge in [-0.3, -0.25) is 39.1 Å². The van der Waals surface area contributed by atoms with Gasteiger partial charge >= 0.3 is 0 Å². The number of nitrogens with one attached hydrogen (secondary N) is 5. The Morgan fingerprint density at radius 3 is 2.29 bits per heavy atom. The fourth-order valence-corrected chi connectivity index (χ4v) is 17.2. The normalized spacial score (nSPS) is 20.7. The van der Waals surface area contributed by atoms with Crippen LogP contribution in [-0.4, -0.2) is 179 Å². The largest absolute Gasteiger partial charge is 0.455 e. The fraction of sp³-hybridized carbons (Fsp3) is 0.481. The minimum absolute atomic E-state index is 0.00953. The first kappa shape index (κ1) is 74.4. The molecular weight excluding hydrogens is 1370 g/mol. The van der Waals surface area contributed by atoms with E-state index in [1.165, 1.54) is 39.9 Å². The summed E-state index contributed by atoms with van der Waals surface area (Å²) in [4.78, 5) is 91.6. The number of thiazole rings is 1. The van der Waals surface area contributed by atoms with Crippen molar-refractivity contribution < 1.29 is 42.4 Å². The van der Waals surface area contributed by atoms with Crippen LogP contribution in [0.1, 0.15) is 139 Å². The van der Waals surface area contributed by atoms with Crippen molar-refractivity contribution in [3.05, 3.63) is 158 Å². The van der Waals surface area contributed by atoms with Crippen LogP contribution in [0.25, 0.3) is 27.0 Å². The number of halogens is 1. The van der Waals surface area contributed by atoms with E-state index in [1.54, 1.807) is 41.8 Å². The number of allylic oxidation sites excluding steroid dienone is 1. The summed E-state index contributed by atoms with van der Waals surface area (Å²) in [5.74, 6) is -1.31. The number of ether oxygens (including phenoxy) is 1. The van der Waals surface area contributed by atoms with E-state index in [2.05, 4.69) is 81.2 Å². The molecule has 0 bridgehead atoms. The summed E-state index contributed by atoms with van der Waals surface area (Å²) in [6.07, 6.45) is 10.2. The van der Waals surface area contributed by atoms with Crippen LogP contribution in [0.4, 0.5) is 17.1 Å². The minimum atomic E-state index is -4.65. The van der Waals surface area contributed by atoms with Gasteiger partial charge in [0.1, 0.15) is 34.9 Å². The Morgan fingerprint density at radius 2 is 1.59 bits per heavy atom. The van der Waals surface area contributed by atoms with Crippen molar-refractivity contribution in [2.75, 3.05) is 88.8 Å². The van der Waals surface area contributed by atoms with Crippen LogP contribution < -0.4 is 30.3 Å². The molecule has 4 fully saturated rings. The zero-order valence-electron chi connectivity index (χ0n) is 59.9. The van der Waals surface area contributed by atoms with Crippen molar-refractivity contribution in [2.24, 2.45) is 16.7 Å². The highest BCUT2D eigenvalue weighted by Crippen LogP contribution is 2.44. The molecular formula is C77H96ClN13O10S2. The molecule has 6 N–H and O–H groups in total. The second-order valence-corrected chi connectivity index (χ2v) is 33.3.